The molecule has 5 rings (SSSR count). The second-order valence-electron chi connectivity index (χ2n) is 8.24. The molecule has 0 unspecified atom stereocenters. The average Bonchev–Trinajstić information content (AvgIpc) is 3.42. The Morgan fingerprint density at radius 1 is 1.23 bits per heavy atom. The van der Waals surface area contributed by atoms with E-state index >= 15 is 0 Å². The number of ether oxygens (including phenoxy) is 2. The van der Waals surface area contributed by atoms with Crippen molar-refractivity contribution in [2.75, 3.05) is 31.4 Å². The number of halogens is 1. The molecule has 2 N–H and O–H groups in total. The summed E-state index contributed by atoms with van der Waals surface area (Å²) in [4.78, 5) is 29.4. The van der Waals surface area contributed by atoms with E-state index in [0.29, 0.717) is 28.6 Å². The largest absolute Gasteiger partial charge is 0.497 e. The van der Waals surface area contributed by atoms with Crippen molar-refractivity contribution in [3.05, 3.63) is 47.0 Å². The minimum Gasteiger partial charge on any atom is -0.497 e. The number of nitrogens with one attached hydrogen (secondary N) is 2. The van der Waals surface area contributed by atoms with Gasteiger partial charge in [-0.05, 0) is 56.1 Å². The number of fused-ring (bicyclic) bond motifs is 4. The van der Waals surface area contributed by atoms with E-state index in [-0.39, 0.29) is 17.9 Å². The Morgan fingerprint density at radius 3 is 2.84 bits per heavy atom. The van der Waals surface area contributed by atoms with Gasteiger partial charge in [-0.3, -0.25) is 14.5 Å². The number of carbonyl (C=O) groups is 2. The monoisotopic (exact) mass is 441 g/mol. The summed E-state index contributed by atoms with van der Waals surface area (Å²) in [5.74, 6) is 0.193. The molecule has 2 fully saturated rings. The number of anilines is 2. The number of rotatable bonds is 4. The van der Waals surface area contributed by atoms with E-state index in [9.17, 15) is 9.59 Å². The van der Waals surface area contributed by atoms with Gasteiger partial charge in [0.2, 0.25) is 11.8 Å². The third kappa shape index (κ3) is 2.91. The van der Waals surface area contributed by atoms with Crippen LogP contribution in [0.5, 0.6) is 11.5 Å². The van der Waals surface area contributed by atoms with Gasteiger partial charge in [0.1, 0.15) is 17.0 Å². The second-order valence-corrected chi connectivity index (χ2v) is 8.68. The van der Waals surface area contributed by atoms with E-state index < -0.39 is 11.5 Å². The molecule has 0 radical (unpaired) electrons. The van der Waals surface area contributed by atoms with Gasteiger partial charge in [0.15, 0.2) is 0 Å². The Hall–Kier alpha value is -2.77. The van der Waals surface area contributed by atoms with Gasteiger partial charge in [-0.15, -0.1) is 0 Å². The van der Waals surface area contributed by atoms with Gasteiger partial charge in [-0.25, -0.2) is 0 Å². The lowest BCUT2D eigenvalue weighted by molar-refractivity contribution is -0.135. The molecule has 1 spiro atoms. The maximum atomic E-state index is 13.7. The third-order valence-electron chi connectivity index (χ3n) is 6.81. The molecule has 162 valence electrons. The van der Waals surface area contributed by atoms with Crippen LogP contribution < -0.4 is 20.1 Å². The van der Waals surface area contributed by atoms with Crippen LogP contribution in [0.2, 0.25) is 5.02 Å². The van der Waals surface area contributed by atoms with Crippen molar-refractivity contribution in [2.24, 2.45) is 5.92 Å². The van der Waals surface area contributed by atoms with Crippen LogP contribution in [-0.4, -0.2) is 43.5 Å². The zero-order chi connectivity index (χ0) is 21.8. The maximum Gasteiger partial charge on any atom is 0.250 e. The number of carbonyl (C=O) groups excluding carboxylic acids is 2. The Bertz CT molecular complexity index is 1070. The molecule has 3 heterocycles. The zero-order valence-electron chi connectivity index (χ0n) is 17.4. The lowest BCUT2D eigenvalue weighted by Gasteiger charge is -2.36. The number of nitrogens with zero attached hydrogens (tertiary/aromatic N) is 1. The molecule has 2 amide bonds. The standard InChI is InChI=1S/C23H24ClN3O4/c1-30-15-6-8-20(31-2)19(12-15)25-21(28)17-11-14-4-3-9-27(14)23(17)16-10-13(24)5-7-18(16)26-22(23)29/h5-8,10,12,14,17H,3-4,9,11H2,1-2H3,(H,25,28)(H,26,29)/t14-,17+,23-/m0/s1. The molecule has 0 bridgehead atoms. The summed E-state index contributed by atoms with van der Waals surface area (Å²) < 4.78 is 10.7. The fourth-order valence-electron chi connectivity index (χ4n) is 5.53. The van der Waals surface area contributed by atoms with Gasteiger partial charge in [-0.1, -0.05) is 11.6 Å². The average molecular weight is 442 g/mol. The van der Waals surface area contributed by atoms with Crippen LogP contribution in [0.4, 0.5) is 11.4 Å². The van der Waals surface area contributed by atoms with Gasteiger partial charge in [0.25, 0.3) is 0 Å². The fourth-order valence-corrected chi connectivity index (χ4v) is 5.70. The molecule has 0 aromatic heterocycles. The number of hydrogen-bond acceptors (Lipinski definition) is 5. The van der Waals surface area contributed by atoms with Crippen LogP contribution in [0.3, 0.4) is 0 Å². The molecule has 31 heavy (non-hydrogen) atoms. The zero-order valence-corrected chi connectivity index (χ0v) is 18.2. The summed E-state index contributed by atoms with van der Waals surface area (Å²) in [6.07, 6.45) is 2.59. The molecule has 2 saturated heterocycles. The Labute approximate surface area is 185 Å². The summed E-state index contributed by atoms with van der Waals surface area (Å²) in [5, 5.41) is 6.54. The molecule has 7 nitrogen and oxygen atoms in total. The van der Waals surface area contributed by atoms with E-state index in [0.717, 1.165) is 30.6 Å². The molecular formula is C23H24ClN3O4. The quantitative estimate of drug-likeness (QED) is 0.757. The summed E-state index contributed by atoms with van der Waals surface area (Å²) in [6.45, 7) is 0.774. The normalized spacial score (nSPS) is 26.5. The minimum absolute atomic E-state index is 0.160. The summed E-state index contributed by atoms with van der Waals surface area (Å²) in [7, 11) is 3.12. The fraction of sp³-hybridized carbons (Fsp3) is 0.391. The van der Waals surface area contributed by atoms with E-state index in [4.69, 9.17) is 21.1 Å². The van der Waals surface area contributed by atoms with Crippen molar-refractivity contribution in [1.82, 2.24) is 4.90 Å². The smallest absolute Gasteiger partial charge is 0.250 e. The summed E-state index contributed by atoms with van der Waals surface area (Å²) in [6, 6.07) is 10.8. The van der Waals surface area contributed by atoms with Crippen molar-refractivity contribution in [1.29, 1.82) is 0 Å². The van der Waals surface area contributed by atoms with Gasteiger partial charge < -0.3 is 20.1 Å². The number of hydrogen-bond donors (Lipinski definition) is 2. The topological polar surface area (TPSA) is 79.9 Å². The lowest BCUT2D eigenvalue weighted by Crippen LogP contribution is -2.53. The van der Waals surface area contributed by atoms with Gasteiger partial charge in [0, 0.05) is 28.4 Å². The number of methoxy groups -OCH3 is 2. The molecule has 0 aliphatic carbocycles. The van der Waals surface area contributed by atoms with Crippen LogP contribution in [0, 0.1) is 5.92 Å². The van der Waals surface area contributed by atoms with Crippen LogP contribution in [-0.2, 0) is 15.1 Å². The van der Waals surface area contributed by atoms with Crippen LogP contribution in [0.1, 0.15) is 24.8 Å². The lowest BCUT2D eigenvalue weighted by atomic mass is 9.78. The molecule has 3 atom stereocenters. The Kier molecular flexibility index (Phi) is 4.83. The van der Waals surface area contributed by atoms with Crippen molar-refractivity contribution in [3.63, 3.8) is 0 Å². The molecule has 3 aliphatic rings. The first-order valence-electron chi connectivity index (χ1n) is 10.4. The third-order valence-corrected chi connectivity index (χ3v) is 7.04. The molecule has 2 aromatic carbocycles. The number of benzene rings is 2. The van der Waals surface area contributed by atoms with Crippen molar-refractivity contribution < 1.29 is 19.1 Å². The molecule has 8 heteroatoms. The molecule has 3 aliphatic heterocycles. The van der Waals surface area contributed by atoms with Crippen LogP contribution in [0.25, 0.3) is 0 Å². The first kappa shape index (κ1) is 20.2. The summed E-state index contributed by atoms with van der Waals surface area (Å²) in [5.41, 5.74) is 0.960. The van der Waals surface area contributed by atoms with E-state index in [2.05, 4.69) is 15.5 Å². The van der Waals surface area contributed by atoms with Crippen molar-refractivity contribution >= 4 is 34.8 Å². The van der Waals surface area contributed by atoms with E-state index in [1.807, 2.05) is 12.1 Å². The van der Waals surface area contributed by atoms with Crippen LogP contribution in [0.15, 0.2) is 36.4 Å². The Balaban J connectivity index is 1.57. The second kappa shape index (κ2) is 7.43. The van der Waals surface area contributed by atoms with Crippen molar-refractivity contribution in [3.8, 4) is 11.5 Å². The highest BCUT2D eigenvalue weighted by Crippen LogP contribution is 2.56. The van der Waals surface area contributed by atoms with E-state index in [1.165, 1.54) is 0 Å². The Morgan fingerprint density at radius 2 is 2.06 bits per heavy atom. The van der Waals surface area contributed by atoms with Gasteiger partial charge in [0.05, 0.1) is 25.8 Å². The van der Waals surface area contributed by atoms with Gasteiger partial charge in [-0.2, -0.15) is 0 Å². The maximum absolute atomic E-state index is 13.7. The summed E-state index contributed by atoms with van der Waals surface area (Å²) >= 11 is 6.32. The first-order valence-corrected chi connectivity index (χ1v) is 10.8. The SMILES string of the molecule is COc1ccc(OC)c(NC(=O)[C@H]2C[C@@H]3CCCN3[C@]23C(=O)Nc2ccc(Cl)cc23)c1. The predicted octanol–water partition coefficient (Wildman–Crippen LogP) is 3.63. The molecule has 2 aromatic rings. The number of amides is 2. The highest BCUT2D eigenvalue weighted by atomic mass is 35.5. The van der Waals surface area contributed by atoms with Crippen LogP contribution >= 0.6 is 11.6 Å². The predicted molar refractivity (Wildman–Crippen MR) is 118 cm³/mol. The minimum atomic E-state index is -1.06. The van der Waals surface area contributed by atoms with Gasteiger partial charge >= 0.3 is 0 Å². The highest BCUT2D eigenvalue weighted by molar-refractivity contribution is 6.31. The molecule has 0 saturated carbocycles. The first-order chi connectivity index (χ1) is 15.0. The molecular weight excluding hydrogens is 418 g/mol. The van der Waals surface area contributed by atoms with E-state index in [1.54, 1.807) is 38.5 Å². The van der Waals surface area contributed by atoms with Crippen molar-refractivity contribution in [2.45, 2.75) is 30.8 Å². The highest BCUT2D eigenvalue weighted by Gasteiger charge is 2.65.